The highest BCUT2D eigenvalue weighted by molar-refractivity contribution is 6.30. The van der Waals surface area contributed by atoms with Gasteiger partial charge in [0, 0.05) is 30.0 Å². The minimum absolute atomic E-state index is 0.183. The molecule has 3 rings (SSSR count). The van der Waals surface area contributed by atoms with Crippen LogP contribution in [0.25, 0.3) is 0 Å². The van der Waals surface area contributed by atoms with E-state index in [1.807, 2.05) is 0 Å². The summed E-state index contributed by atoms with van der Waals surface area (Å²) >= 11 is 5.93. The summed E-state index contributed by atoms with van der Waals surface area (Å²) in [5, 5.41) is 3.40. The van der Waals surface area contributed by atoms with E-state index < -0.39 is 24.1 Å². The molecule has 3 aromatic rings. The largest absolute Gasteiger partial charge is 0.573 e. The van der Waals surface area contributed by atoms with E-state index in [9.17, 15) is 18.0 Å². The van der Waals surface area contributed by atoms with Crippen LogP contribution in [0.4, 0.5) is 13.2 Å². The van der Waals surface area contributed by atoms with Crippen LogP contribution in [0.1, 0.15) is 27.8 Å². The number of rotatable bonds is 5. The third-order valence-corrected chi connectivity index (χ3v) is 4.20. The normalized spacial score (nSPS) is 12.5. The molecule has 1 atom stereocenters. The minimum Gasteiger partial charge on any atom is -0.406 e. The lowest BCUT2D eigenvalue weighted by Crippen LogP contribution is -2.31. The van der Waals surface area contributed by atoms with Crippen LogP contribution in [-0.4, -0.2) is 21.8 Å². The molecule has 0 aliphatic rings. The summed E-state index contributed by atoms with van der Waals surface area (Å²) in [6, 6.07) is 11.0. The van der Waals surface area contributed by atoms with Gasteiger partial charge in [0.2, 0.25) is 0 Å². The molecule has 1 heterocycles. The van der Waals surface area contributed by atoms with Gasteiger partial charge in [-0.15, -0.1) is 13.2 Å². The Labute approximate surface area is 163 Å². The minimum atomic E-state index is -4.79. The molecule has 0 aliphatic heterocycles. The summed E-state index contributed by atoms with van der Waals surface area (Å²) in [5.41, 5.74) is 0.937. The first-order chi connectivity index (χ1) is 13.2. The molecule has 0 spiro atoms. The molecular weight excluding hydrogens is 395 g/mol. The van der Waals surface area contributed by atoms with Crippen LogP contribution in [0.15, 0.2) is 60.9 Å². The number of imidazole rings is 1. The van der Waals surface area contributed by atoms with Crippen LogP contribution in [0.5, 0.6) is 5.75 Å². The number of hydrogen-bond donors (Lipinski definition) is 1. The number of alkyl halides is 3. The van der Waals surface area contributed by atoms with Gasteiger partial charge >= 0.3 is 6.36 Å². The summed E-state index contributed by atoms with van der Waals surface area (Å²) in [6.07, 6.45) is -1.44. The molecule has 0 unspecified atom stereocenters. The molecule has 5 nitrogen and oxygen atoms in total. The number of ether oxygens (including phenoxy) is 1. The van der Waals surface area contributed by atoms with Crippen molar-refractivity contribution in [3.8, 4) is 5.75 Å². The van der Waals surface area contributed by atoms with Gasteiger partial charge in [-0.2, -0.15) is 0 Å². The van der Waals surface area contributed by atoms with Crippen LogP contribution in [-0.2, 0) is 7.05 Å². The average Bonchev–Trinajstić information content (AvgIpc) is 3.05. The number of nitrogens with one attached hydrogen (secondary N) is 1. The smallest absolute Gasteiger partial charge is 0.406 e. The van der Waals surface area contributed by atoms with E-state index in [2.05, 4.69) is 15.0 Å². The predicted molar refractivity (Wildman–Crippen MR) is 97.1 cm³/mol. The van der Waals surface area contributed by atoms with Crippen LogP contribution >= 0.6 is 11.6 Å². The number of carbonyl (C=O) groups excluding carboxylic acids is 1. The second-order valence-corrected chi connectivity index (χ2v) is 6.36. The van der Waals surface area contributed by atoms with E-state index in [4.69, 9.17) is 11.6 Å². The first kappa shape index (κ1) is 19.8. The fourth-order valence-electron chi connectivity index (χ4n) is 2.63. The Bertz CT molecular complexity index is 954. The molecule has 1 amide bonds. The summed E-state index contributed by atoms with van der Waals surface area (Å²) in [7, 11) is 1.79. The maximum absolute atomic E-state index is 12.7. The third kappa shape index (κ3) is 4.83. The topological polar surface area (TPSA) is 56.2 Å². The maximum atomic E-state index is 12.7. The molecule has 0 saturated heterocycles. The number of halogens is 4. The van der Waals surface area contributed by atoms with E-state index in [1.54, 1.807) is 48.3 Å². The number of aryl methyl sites for hydroxylation is 1. The van der Waals surface area contributed by atoms with E-state index in [0.29, 0.717) is 10.8 Å². The fourth-order valence-corrected chi connectivity index (χ4v) is 2.76. The summed E-state index contributed by atoms with van der Waals surface area (Å²) in [6.45, 7) is 0. The van der Waals surface area contributed by atoms with Crippen LogP contribution in [0.3, 0.4) is 0 Å². The highest BCUT2D eigenvalue weighted by Gasteiger charge is 2.31. The number of nitrogens with zero attached hydrogens (tertiary/aromatic N) is 2. The Morgan fingerprint density at radius 1 is 1.14 bits per heavy atom. The van der Waals surface area contributed by atoms with Crippen molar-refractivity contribution in [2.45, 2.75) is 12.4 Å². The number of hydrogen-bond acceptors (Lipinski definition) is 3. The van der Waals surface area contributed by atoms with Gasteiger partial charge in [0.1, 0.15) is 17.6 Å². The van der Waals surface area contributed by atoms with Crippen molar-refractivity contribution in [2.24, 2.45) is 7.05 Å². The molecule has 0 fully saturated rings. The van der Waals surface area contributed by atoms with E-state index in [-0.39, 0.29) is 5.56 Å². The van der Waals surface area contributed by atoms with Gasteiger partial charge in [-0.3, -0.25) is 4.79 Å². The SMILES string of the molecule is Cn1ccnc1[C@H](NC(=O)c1ccc(OC(F)(F)F)cc1)c1ccc(Cl)cc1. The van der Waals surface area contributed by atoms with Crippen molar-refractivity contribution in [3.05, 3.63) is 82.9 Å². The summed E-state index contributed by atoms with van der Waals surface area (Å²) in [4.78, 5) is 16.9. The second kappa shape index (κ2) is 7.93. The molecule has 0 saturated carbocycles. The van der Waals surface area contributed by atoms with E-state index in [1.165, 1.54) is 12.1 Å². The molecule has 1 N–H and O–H groups in total. The van der Waals surface area contributed by atoms with Gasteiger partial charge in [0.05, 0.1) is 0 Å². The van der Waals surface area contributed by atoms with Gasteiger partial charge in [0.15, 0.2) is 0 Å². The van der Waals surface area contributed by atoms with Crippen molar-refractivity contribution in [1.29, 1.82) is 0 Å². The van der Waals surface area contributed by atoms with Crippen LogP contribution in [0.2, 0.25) is 5.02 Å². The highest BCUT2D eigenvalue weighted by Crippen LogP contribution is 2.25. The fraction of sp³-hybridized carbons (Fsp3) is 0.158. The first-order valence-electron chi connectivity index (χ1n) is 8.12. The lowest BCUT2D eigenvalue weighted by atomic mass is 10.1. The van der Waals surface area contributed by atoms with Gasteiger partial charge in [0.25, 0.3) is 5.91 Å². The Balaban J connectivity index is 1.83. The monoisotopic (exact) mass is 409 g/mol. The lowest BCUT2D eigenvalue weighted by Gasteiger charge is -2.19. The number of carbonyl (C=O) groups is 1. The molecule has 0 radical (unpaired) electrons. The number of amides is 1. The van der Waals surface area contributed by atoms with Crippen molar-refractivity contribution < 1.29 is 22.7 Å². The second-order valence-electron chi connectivity index (χ2n) is 5.93. The van der Waals surface area contributed by atoms with Crippen molar-refractivity contribution in [1.82, 2.24) is 14.9 Å². The average molecular weight is 410 g/mol. The van der Waals surface area contributed by atoms with Gasteiger partial charge in [-0.05, 0) is 42.0 Å². The number of aromatic nitrogens is 2. The predicted octanol–water partition coefficient (Wildman–Crippen LogP) is 4.49. The first-order valence-corrected chi connectivity index (χ1v) is 8.50. The number of benzene rings is 2. The molecule has 2 aromatic carbocycles. The molecule has 9 heteroatoms. The molecule has 1 aromatic heterocycles. The molecular formula is C19H15ClF3N3O2. The van der Waals surface area contributed by atoms with E-state index in [0.717, 1.165) is 17.7 Å². The molecule has 0 aliphatic carbocycles. The molecule has 28 heavy (non-hydrogen) atoms. The van der Waals surface area contributed by atoms with Crippen LogP contribution in [0, 0.1) is 0 Å². The summed E-state index contributed by atoms with van der Waals surface area (Å²) < 4.78 is 42.4. The maximum Gasteiger partial charge on any atom is 0.573 e. The van der Waals surface area contributed by atoms with E-state index >= 15 is 0 Å². The lowest BCUT2D eigenvalue weighted by molar-refractivity contribution is -0.274. The Morgan fingerprint density at radius 2 is 1.79 bits per heavy atom. The third-order valence-electron chi connectivity index (χ3n) is 3.95. The van der Waals surface area contributed by atoms with Crippen LogP contribution < -0.4 is 10.1 Å². The molecule has 146 valence electrons. The zero-order chi connectivity index (χ0) is 20.3. The van der Waals surface area contributed by atoms with Crippen molar-refractivity contribution >= 4 is 17.5 Å². The standard InChI is InChI=1S/C19H15ClF3N3O2/c1-26-11-10-24-17(26)16(12-2-6-14(20)7-3-12)25-18(27)13-4-8-15(9-5-13)28-19(21,22)23/h2-11,16H,1H3,(H,25,27)/t16-/m1/s1. The molecule has 0 bridgehead atoms. The Hall–Kier alpha value is -3.00. The van der Waals surface area contributed by atoms with Crippen molar-refractivity contribution in [3.63, 3.8) is 0 Å². The Kier molecular flexibility index (Phi) is 5.60. The quantitative estimate of drug-likeness (QED) is 0.675. The van der Waals surface area contributed by atoms with Gasteiger partial charge < -0.3 is 14.6 Å². The van der Waals surface area contributed by atoms with Crippen molar-refractivity contribution in [2.75, 3.05) is 0 Å². The van der Waals surface area contributed by atoms with Gasteiger partial charge in [-0.25, -0.2) is 4.98 Å². The zero-order valence-electron chi connectivity index (χ0n) is 14.6. The highest BCUT2D eigenvalue weighted by atomic mass is 35.5. The zero-order valence-corrected chi connectivity index (χ0v) is 15.3. The summed E-state index contributed by atoms with van der Waals surface area (Å²) in [5.74, 6) is -0.281. The Morgan fingerprint density at radius 3 is 2.32 bits per heavy atom. The van der Waals surface area contributed by atoms with Gasteiger partial charge in [-0.1, -0.05) is 23.7 Å².